The van der Waals surface area contributed by atoms with Gasteiger partial charge in [-0.05, 0) is 66.1 Å². The molecular weight excluding hydrogens is 487 g/mol. The maximum atomic E-state index is 13.2. The lowest BCUT2D eigenvalue weighted by atomic mass is 9.85. The van der Waals surface area contributed by atoms with Gasteiger partial charge in [-0.2, -0.15) is 0 Å². The zero-order valence-electron chi connectivity index (χ0n) is 21.6. The normalized spacial score (nSPS) is 21.0. The van der Waals surface area contributed by atoms with Crippen LogP contribution in [0, 0.1) is 5.82 Å². The molecule has 8 heteroatoms. The SMILES string of the molecule is COCCCN1CCOc2ccc(COC3CNCC(O)C3c3ccc(Oc4ccc(F)cc4)cc3)cc21. The predicted octanol–water partition coefficient (Wildman–Crippen LogP) is 4.49. The van der Waals surface area contributed by atoms with Gasteiger partial charge in [-0.3, -0.25) is 0 Å². The monoisotopic (exact) mass is 522 g/mol. The van der Waals surface area contributed by atoms with Gasteiger partial charge < -0.3 is 34.3 Å². The third-order valence-corrected chi connectivity index (χ3v) is 7.05. The van der Waals surface area contributed by atoms with Crippen molar-refractivity contribution in [3.8, 4) is 17.2 Å². The molecule has 1 saturated heterocycles. The van der Waals surface area contributed by atoms with Crippen LogP contribution in [0.5, 0.6) is 17.2 Å². The number of hydrogen-bond donors (Lipinski definition) is 2. The second kappa shape index (κ2) is 12.6. The summed E-state index contributed by atoms with van der Waals surface area (Å²) in [6, 6.07) is 19.8. The first-order chi connectivity index (χ1) is 18.6. The summed E-state index contributed by atoms with van der Waals surface area (Å²) in [7, 11) is 1.73. The van der Waals surface area contributed by atoms with Crippen molar-refractivity contribution in [1.82, 2.24) is 5.32 Å². The molecule has 2 aliphatic heterocycles. The number of benzene rings is 3. The lowest BCUT2D eigenvalue weighted by molar-refractivity contribution is -0.0328. The van der Waals surface area contributed by atoms with Gasteiger partial charge in [-0.15, -0.1) is 0 Å². The Morgan fingerprint density at radius 1 is 1.03 bits per heavy atom. The quantitative estimate of drug-likeness (QED) is 0.380. The van der Waals surface area contributed by atoms with Crippen molar-refractivity contribution in [3.05, 3.63) is 83.7 Å². The Labute approximate surface area is 223 Å². The molecule has 2 N–H and O–H groups in total. The van der Waals surface area contributed by atoms with Gasteiger partial charge in [-0.1, -0.05) is 18.2 Å². The van der Waals surface area contributed by atoms with Crippen LogP contribution in [0.15, 0.2) is 66.7 Å². The number of aliphatic hydroxyl groups is 1. The average Bonchev–Trinajstić information content (AvgIpc) is 2.94. The highest BCUT2D eigenvalue weighted by molar-refractivity contribution is 5.61. The Kier molecular flexibility index (Phi) is 8.75. The first-order valence-corrected chi connectivity index (χ1v) is 13.1. The number of ether oxygens (including phenoxy) is 4. The molecule has 0 aromatic heterocycles. The topological polar surface area (TPSA) is 72.4 Å². The fourth-order valence-corrected chi connectivity index (χ4v) is 5.11. The standard InChI is InChI=1S/C30H35FN2O5/c1-35-15-2-13-33-14-16-36-28-12-3-21(17-26(28)33)20-37-29-19-32-18-27(34)30(29)22-4-8-24(9-5-22)38-25-10-6-23(31)7-11-25/h3-12,17,27,29-30,32,34H,2,13-16,18-20H2,1H3. The van der Waals surface area contributed by atoms with E-state index in [0.29, 0.717) is 37.8 Å². The summed E-state index contributed by atoms with van der Waals surface area (Å²) < 4.78 is 36.5. The Morgan fingerprint density at radius 2 is 1.79 bits per heavy atom. The van der Waals surface area contributed by atoms with E-state index >= 15 is 0 Å². The molecule has 3 aromatic carbocycles. The van der Waals surface area contributed by atoms with Crippen molar-refractivity contribution >= 4 is 5.69 Å². The first-order valence-electron chi connectivity index (χ1n) is 13.1. The van der Waals surface area contributed by atoms with Gasteiger partial charge >= 0.3 is 0 Å². The number of rotatable bonds is 10. The van der Waals surface area contributed by atoms with Crippen LogP contribution in [-0.2, 0) is 16.1 Å². The van der Waals surface area contributed by atoms with E-state index in [1.807, 2.05) is 36.4 Å². The maximum absolute atomic E-state index is 13.2. The number of halogens is 1. The van der Waals surface area contributed by atoms with E-state index in [2.05, 4.69) is 16.3 Å². The Hall–Kier alpha value is -3.17. The molecule has 0 bridgehead atoms. The number of aliphatic hydroxyl groups excluding tert-OH is 1. The molecule has 0 amide bonds. The summed E-state index contributed by atoms with van der Waals surface area (Å²) in [6.45, 7) is 4.75. The summed E-state index contributed by atoms with van der Waals surface area (Å²) in [5, 5.41) is 14.2. The largest absolute Gasteiger partial charge is 0.490 e. The summed E-state index contributed by atoms with van der Waals surface area (Å²) in [5.74, 6) is 1.62. The number of methoxy groups -OCH3 is 1. The van der Waals surface area contributed by atoms with E-state index in [1.54, 1.807) is 19.2 Å². The van der Waals surface area contributed by atoms with Crippen LogP contribution in [0.2, 0.25) is 0 Å². The van der Waals surface area contributed by atoms with Crippen molar-refractivity contribution in [2.24, 2.45) is 0 Å². The van der Waals surface area contributed by atoms with Crippen molar-refractivity contribution in [3.63, 3.8) is 0 Å². The average molecular weight is 523 g/mol. The van der Waals surface area contributed by atoms with Crippen LogP contribution in [0.1, 0.15) is 23.5 Å². The van der Waals surface area contributed by atoms with Crippen LogP contribution in [-0.4, -0.2) is 63.8 Å². The van der Waals surface area contributed by atoms with E-state index in [9.17, 15) is 9.50 Å². The van der Waals surface area contributed by atoms with Crippen LogP contribution in [0.25, 0.3) is 0 Å². The minimum atomic E-state index is -0.578. The fraction of sp³-hybridized carbons (Fsp3) is 0.400. The van der Waals surface area contributed by atoms with Gasteiger partial charge in [0.25, 0.3) is 0 Å². The van der Waals surface area contributed by atoms with Gasteiger partial charge in [-0.25, -0.2) is 4.39 Å². The van der Waals surface area contributed by atoms with E-state index in [1.165, 1.54) is 12.1 Å². The number of anilines is 1. The summed E-state index contributed by atoms with van der Waals surface area (Å²) >= 11 is 0. The molecule has 202 valence electrons. The predicted molar refractivity (Wildman–Crippen MR) is 144 cm³/mol. The highest BCUT2D eigenvalue weighted by atomic mass is 19.1. The molecule has 1 fully saturated rings. The molecule has 0 saturated carbocycles. The highest BCUT2D eigenvalue weighted by Crippen LogP contribution is 2.34. The zero-order chi connectivity index (χ0) is 26.3. The minimum Gasteiger partial charge on any atom is -0.490 e. The molecule has 2 heterocycles. The van der Waals surface area contributed by atoms with Crippen LogP contribution < -0.4 is 19.7 Å². The van der Waals surface area contributed by atoms with Crippen LogP contribution in [0.4, 0.5) is 10.1 Å². The van der Waals surface area contributed by atoms with Crippen LogP contribution in [0.3, 0.4) is 0 Å². The van der Waals surface area contributed by atoms with Crippen molar-refractivity contribution in [2.75, 3.05) is 51.4 Å². The molecule has 3 atom stereocenters. The van der Waals surface area contributed by atoms with E-state index in [0.717, 1.165) is 48.7 Å². The lowest BCUT2D eigenvalue weighted by Gasteiger charge is -2.36. The second-order valence-corrected chi connectivity index (χ2v) is 9.71. The Morgan fingerprint density at radius 3 is 2.55 bits per heavy atom. The molecule has 0 radical (unpaired) electrons. The Bertz CT molecular complexity index is 1170. The van der Waals surface area contributed by atoms with Crippen LogP contribution >= 0.6 is 0 Å². The number of nitrogens with zero attached hydrogens (tertiary/aromatic N) is 1. The number of β-amino-alcohol motifs (C(OH)–C–C–N with tert-alkyl or cyclic N) is 1. The number of hydrogen-bond acceptors (Lipinski definition) is 7. The van der Waals surface area contributed by atoms with Gasteiger partial charge in [0.2, 0.25) is 0 Å². The summed E-state index contributed by atoms with van der Waals surface area (Å²) in [5.41, 5.74) is 3.13. The zero-order valence-corrected chi connectivity index (χ0v) is 21.6. The summed E-state index contributed by atoms with van der Waals surface area (Å²) in [6.07, 6.45) is 0.177. The van der Waals surface area contributed by atoms with Crippen molar-refractivity contribution in [1.29, 1.82) is 0 Å². The second-order valence-electron chi connectivity index (χ2n) is 9.71. The molecule has 0 aliphatic carbocycles. The van der Waals surface area contributed by atoms with Crippen molar-refractivity contribution in [2.45, 2.75) is 31.2 Å². The number of nitrogens with one attached hydrogen (secondary N) is 1. The Balaban J connectivity index is 1.25. The maximum Gasteiger partial charge on any atom is 0.142 e. The molecule has 3 unspecified atom stereocenters. The van der Waals surface area contributed by atoms with E-state index in [-0.39, 0.29) is 17.8 Å². The molecule has 0 spiro atoms. The fourth-order valence-electron chi connectivity index (χ4n) is 5.11. The minimum absolute atomic E-state index is 0.178. The smallest absolute Gasteiger partial charge is 0.142 e. The molecule has 3 aromatic rings. The summed E-state index contributed by atoms with van der Waals surface area (Å²) in [4.78, 5) is 2.34. The first kappa shape index (κ1) is 26.4. The third kappa shape index (κ3) is 6.45. The van der Waals surface area contributed by atoms with E-state index < -0.39 is 6.10 Å². The molecule has 38 heavy (non-hydrogen) atoms. The van der Waals surface area contributed by atoms with E-state index in [4.69, 9.17) is 18.9 Å². The molecule has 5 rings (SSSR count). The molecular formula is C30H35FN2O5. The third-order valence-electron chi connectivity index (χ3n) is 7.05. The number of piperidine rings is 1. The van der Waals surface area contributed by atoms with Gasteiger partial charge in [0.1, 0.15) is 29.7 Å². The lowest BCUT2D eigenvalue weighted by Crippen LogP contribution is -2.49. The molecule has 7 nitrogen and oxygen atoms in total. The van der Waals surface area contributed by atoms with Gasteiger partial charge in [0.05, 0.1) is 31.0 Å². The molecule has 2 aliphatic rings. The van der Waals surface area contributed by atoms with Crippen molar-refractivity contribution < 1.29 is 28.4 Å². The van der Waals surface area contributed by atoms with Gasteiger partial charge in [0, 0.05) is 39.3 Å². The van der Waals surface area contributed by atoms with Gasteiger partial charge in [0.15, 0.2) is 0 Å². The number of fused-ring (bicyclic) bond motifs is 1. The highest BCUT2D eigenvalue weighted by Gasteiger charge is 2.34.